The van der Waals surface area contributed by atoms with Gasteiger partial charge in [-0.2, -0.15) is 0 Å². The molecule has 2 fully saturated rings. The van der Waals surface area contributed by atoms with E-state index >= 15 is 0 Å². The highest BCUT2D eigenvalue weighted by molar-refractivity contribution is 5.20. The van der Waals surface area contributed by atoms with Gasteiger partial charge in [-0.15, -0.1) is 0 Å². The lowest BCUT2D eigenvalue weighted by Crippen LogP contribution is -2.58. The molecule has 0 radical (unpaired) electrons. The van der Waals surface area contributed by atoms with Crippen molar-refractivity contribution >= 4 is 0 Å². The molecule has 0 aromatic carbocycles. The maximum absolute atomic E-state index is 5.22. The maximum atomic E-state index is 5.22. The summed E-state index contributed by atoms with van der Waals surface area (Å²) in [7, 11) is 1.68. The Morgan fingerprint density at radius 3 is 3.10 bits per heavy atom. The Bertz CT molecular complexity index is 451. The average Bonchev–Trinajstić information content (AvgIpc) is 2.48. The first-order valence-electron chi connectivity index (χ1n) is 7.73. The molecule has 0 spiro atoms. The molecule has 2 atom stereocenters. The number of hydrogen-bond acceptors (Lipinski definition) is 4. The van der Waals surface area contributed by atoms with Crippen molar-refractivity contribution < 1.29 is 4.74 Å². The Labute approximate surface area is 121 Å². The Balaban J connectivity index is 1.67. The molecule has 2 unspecified atom stereocenters. The normalized spacial score (nSPS) is 28.1. The van der Waals surface area contributed by atoms with E-state index in [2.05, 4.69) is 33.8 Å². The largest absolute Gasteiger partial charge is 0.481 e. The molecule has 110 valence electrons. The first-order chi connectivity index (χ1) is 9.76. The fraction of sp³-hybridized carbons (Fsp3) is 0.688. The summed E-state index contributed by atoms with van der Waals surface area (Å²) in [4.78, 5) is 9.49. The minimum atomic E-state index is 0.628. The third-order valence-corrected chi connectivity index (χ3v) is 4.71. The van der Waals surface area contributed by atoms with Crippen molar-refractivity contribution in [2.24, 2.45) is 0 Å². The Hall–Kier alpha value is -1.13. The third-order valence-electron chi connectivity index (χ3n) is 4.71. The van der Waals surface area contributed by atoms with E-state index in [0.717, 1.165) is 12.6 Å². The molecule has 2 aliphatic rings. The standard InChI is InChI=1S/C16H25N3O/c1-13-10-18-8-4-3-5-15(18)12-19(13)11-14-6-7-17-16(9-14)20-2/h6-7,9,13,15H,3-5,8,10-12H2,1-2H3. The van der Waals surface area contributed by atoms with Crippen molar-refractivity contribution in [3.8, 4) is 5.88 Å². The second-order valence-electron chi connectivity index (χ2n) is 6.13. The van der Waals surface area contributed by atoms with Crippen LogP contribution in [0.15, 0.2) is 18.3 Å². The van der Waals surface area contributed by atoms with E-state index in [4.69, 9.17) is 4.74 Å². The molecular weight excluding hydrogens is 250 g/mol. The number of hydrogen-bond donors (Lipinski definition) is 0. The van der Waals surface area contributed by atoms with Crippen molar-refractivity contribution in [1.82, 2.24) is 14.8 Å². The van der Waals surface area contributed by atoms with Crippen LogP contribution >= 0.6 is 0 Å². The molecule has 0 amide bonds. The fourth-order valence-corrected chi connectivity index (χ4v) is 3.53. The molecule has 20 heavy (non-hydrogen) atoms. The molecule has 0 bridgehead atoms. The van der Waals surface area contributed by atoms with Crippen LogP contribution in [0.2, 0.25) is 0 Å². The summed E-state index contributed by atoms with van der Waals surface area (Å²) in [6, 6.07) is 5.55. The van der Waals surface area contributed by atoms with Gasteiger partial charge in [-0.3, -0.25) is 9.80 Å². The first kappa shape index (κ1) is 13.8. The van der Waals surface area contributed by atoms with Gasteiger partial charge in [0, 0.05) is 44.0 Å². The molecule has 2 saturated heterocycles. The number of piperidine rings is 1. The van der Waals surface area contributed by atoms with Gasteiger partial charge in [0.25, 0.3) is 0 Å². The number of nitrogens with zero attached hydrogens (tertiary/aromatic N) is 3. The predicted octanol–water partition coefficient (Wildman–Crippen LogP) is 2.15. The lowest BCUT2D eigenvalue weighted by molar-refractivity contribution is 0.0110. The molecule has 0 aliphatic carbocycles. The minimum Gasteiger partial charge on any atom is -0.481 e. The lowest BCUT2D eigenvalue weighted by atomic mass is 9.97. The summed E-state index contributed by atoms with van der Waals surface area (Å²) in [5, 5.41) is 0. The number of methoxy groups -OCH3 is 1. The Morgan fingerprint density at radius 1 is 1.35 bits per heavy atom. The summed E-state index contributed by atoms with van der Waals surface area (Å²) in [6.45, 7) is 7.07. The number of fused-ring (bicyclic) bond motifs is 1. The van der Waals surface area contributed by atoms with Crippen LogP contribution in [0.4, 0.5) is 0 Å². The van der Waals surface area contributed by atoms with E-state index in [1.807, 2.05) is 6.20 Å². The summed E-state index contributed by atoms with van der Waals surface area (Å²) in [5.41, 5.74) is 1.30. The van der Waals surface area contributed by atoms with Crippen LogP contribution in [-0.4, -0.2) is 53.6 Å². The molecule has 4 nitrogen and oxygen atoms in total. The van der Waals surface area contributed by atoms with E-state index in [9.17, 15) is 0 Å². The lowest BCUT2D eigenvalue weighted by Gasteiger charge is -2.47. The van der Waals surface area contributed by atoms with Gasteiger partial charge in [0.05, 0.1) is 7.11 Å². The topological polar surface area (TPSA) is 28.6 Å². The zero-order chi connectivity index (χ0) is 13.9. The molecule has 3 heterocycles. The van der Waals surface area contributed by atoms with Gasteiger partial charge in [0.15, 0.2) is 0 Å². The fourth-order valence-electron chi connectivity index (χ4n) is 3.53. The highest BCUT2D eigenvalue weighted by atomic mass is 16.5. The zero-order valence-electron chi connectivity index (χ0n) is 12.6. The van der Waals surface area contributed by atoms with Gasteiger partial charge < -0.3 is 4.74 Å². The second kappa shape index (κ2) is 6.10. The Morgan fingerprint density at radius 2 is 2.25 bits per heavy atom. The maximum Gasteiger partial charge on any atom is 0.213 e. The first-order valence-corrected chi connectivity index (χ1v) is 7.73. The minimum absolute atomic E-state index is 0.628. The van der Waals surface area contributed by atoms with Gasteiger partial charge in [-0.05, 0) is 37.9 Å². The predicted molar refractivity (Wildman–Crippen MR) is 79.9 cm³/mol. The van der Waals surface area contributed by atoms with E-state index in [0.29, 0.717) is 11.9 Å². The summed E-state index contributed by atoms with van der Waals surface area (Å²) >= 11 is 0. The van der Waals surface area contributed by atoms with Gasteiger partial charge in [0.1, 0.15) is 0 Å². The monoisotopic (exact) mass is 275 g/mol. The van der Waals surface area contributed by atoms with Gasteiger partial charge in [-0.1, -0.05) is 6.42 Å². The van der Waals surface area contributed by atoms with E-state index in [1.165, 1.54) is 44.5 Å². The summed E-state index contributed by atoms with van der Waals surface area (Å²) in [5.74, 6) is 0.714. The van der Waals surface area contributed by atoms with Crippen LogP contribution in [0.3, 0.4) is 0 Å². The highest BCUT2D eigenvalue weighted by Crippen LogP contribution is 2.25. The van der Waals surface area contributed by atoms with Gasteiger partial charge >= 0.3 is 0 Å². The van der Waals surface area contributed by atoms with E-state index < -0.39 is 0 Å². The van der Waals surface area contributed by atoms with Crippen LogP contribution in [0.5, 0.6) is 5.88 Å². The number of piperazine rings is 1. The molecule has 0 N–H and O–H groups in total. The zero-order valence-corrected chi connectivity index (χ0v) is 12.6. The van der Waals surface area contributed by atoms with Crippen LogP contribution in [-0.2, 0) is 6.54 Å². The van der Waals surface area contributed by atoms with E-state index in [1.54, 1.807) is 7.11 Å². The van der Waals surface area contributed by atoms with Crippen LogP contribution in [0, 0.1) is 0 Å². The molecule has 2 aliphatic heterocycles. The number of aromatic nitrogens is 1. The molecule has 4 heteroatoms. The average molecular weight is 275 g/mol. The van der Waals surface area contributed by atoms with Crippen molar-refractivity contribution in [1.29, 1.82) is 0 Å². The van der Waals surface area contributed by atoms with Crippen molar-refractivity contribution in [2.45, 2.75) is 44.8 Å². The quantitative estimate of drug-likeness (QED) is 0.845. The SMILES string of the molecule is COc1cc(CN2CC3CCCCN3CC2C)ccn1. The summed E-state index contributed by atoms with van der Waals surface area (Å²) < 4.78 is 5.22. The molecular formula is C16H25N3O. The van der Waals surface area contributed by atoms with Crippen molar-refractivity contribution in [2.75, 3.05) is 26.7 Å². The second-order valence-corrected chi connectivity index (χ2v) is 6.13. The van der Waals surface area contributed by atoms with Crippen LogP contribution < -0.4 is 4.74 Å². The van der Waals surface area contributed by atoms with Crippen LogP contribution in [0.25, 0.3) is 0 Å². The van der Waals surface area contributed by atoms with Crippen LogP contribution in [0.1, 0.15) is 31.7 Å². The van der Waals surface area contributed by atoms with Crippen molar-refractivity contribution in [3.05, 3.63) is 23.9 Å². The molecule has 0 saturated carbocycles. The van der Waals surface area contributed by atoms with Gasteiger partial charge in [0.2, 0.25) is 5.88 Å². The van der Waals surface area contributed by atoms with Gasteiger partial charge in [-0.25, -0.2) is 4.98 Å². The summed E-state index contributed by atoms with van der Waals surface area (Å²) in [6.07, 6.45) is 5.98. The molecule has 3 rings (SSSR count). The highest BCUT2D eigenvalue weighted by Gasteiger charge is 2.32. The Kier molecular flexibility index (Phi) is 4.22. The molecule has 1 aromatic heterocycles. The van der Waals surface area contributed by atoms with E-state index in [-0.39, 0.29) is 0 Å². The molecule has 1 aromatic rings. The number of pyridine rings is 1. The van der Waals surface area contributed by atoms with Crippen molar-refractivity contribution in [3.63, 3.8) is 0 Å². The number of rotatable bonds is 3. The smallest absolute Gasteiger partial charge is 0.213 e. The third kappa shape index (κ3) is 2.96. The number of ether oxygens (including phenoxy) is 1.